The highest BCUT2D eigenvalue weighted by molar-refractivity contribution is 5.94. The molecule has 0 saturated heterocycles. The Balaban J connectivity index is 2.09. The highest BCUT2D eigenvalue weighted by Gasteiger charge is 2.11. The molecule has 1 heterocycles. The fourth-order valence-electron chi connectivity index (χ4n) is 1.92. The fourth-order valence-corrected chi connectivity index (χ4v) is 1.92. The molecule has 0 saturated carbocycles. The number of anilines is 1. The van der Waals surface area contributed by atoms with Crippen molar-refractivity contribution in [1.82, 2.24) is 4.90 Å². The number of aliphatic imine (C=N–C) groups is 1. The number of benzene rings is 1. The van der Waals surface area contributed by atoms with E-state index in [1.165, 1.54) is 0 Å². The van der Waals surface area contributed by atoms with Gasteiger partial charge in [0.05, 0.1) is 6.42 Å². The van der Waals surface area contributed by atoms with E-state index < -0.39 is 5.97 Å². The molecule has 0 aliphatic carbocycles. The molecule has 1 aromatic carbocycles. The molecule has 0 unspecified atom stereocenters. The zero-order valence-corrected chi connectivity index (χ0v) is 10.4. The number of hydrogen-bond acceptors (Lipinski definition) is 4. The third kappa shape index (κ3) is 3.23. The van der Waals surface area contributed by atoms with E-state index in [1.54, 1.807) is 0 Å². The minimum atomic E-state index is -0.820. The number of nitrogens with one attached hydrogen (secondary N) is 1. The van der Waals surface area contributed by atoms with Gasteiger partial charge in [-0.05, 0) is 24.1 Å². The second-order valence-electron chi connectivity index (χ2n) is 4.38. The molecule has 0 aromatic heterocycles. The van der Waals surface area contributed by atoms with Gasteiger partial charge in [0.2, 0.25) is 0 Å². The summed E-state index contributed by atoms with van der Waals surface area (Å²) in [5.41, 5.74) is 1.66. The number of hydrogen-bond donors (Lipinski definition) is 2. The molecule has 1 aliphatic heterocycles. The average molecular weight is 247 g/mol. The first-order chi connectivity index (χ1) is 8.65. The summed E-state index contributed by atoms with van der Waals surface area (Å²) in [4.78, 5) is 17.1. The Morgan fingerprint density at radius 1 is 1.56 bits per heavy atom. The van der Waals surface area contributed by atoms with Crippen molar-refractivity contribution in [3.63, 3.8) is 0 Å². The van der Waals surface area contributed by atoms with Crippen LogP contribution in [0.25, 0.3) is 0 Å². The largest absolute Gasteiger partial charge is 0.481 e. The van der Waals surface area contributed by atoms with Crippen LogP contribution in [0.4, 0.5) is 5.69 Å². The van der Waals surface area contributed by atoms with Gasteiger partial charge in [0, 0.05) is 25.8 Å². The molecule has 1 aliphatic rings. The van der Waals surface area contributed by atoms with Crippen molar-refractivity contribution in [2.24, 2.45) is 4.99 Å². The van der Waals surface area contributed by atoms with E-state index in [0.29, 0.717) is 0 Å². The maximum absolute atomic E-state index is 10.7. The molecule has 2 rings (SSSR count). The summed E-state index contributed by atoms with van der Waals surface area (Å²) >= 11 is 0. The Bertz CT molecular complexity index is 471. The van der Waals surface area contributed by atoms with Crippen molar-refractivity contribution in [3.8, 4) is 0 Å². The number of rotatable bonds is 3. The van der Waals surface area contributed by atoms with Crippen LogP contribution < -0.4 is 5.32 Å². The van der Waals surface area contributed by atoms with Crippen LogP contribution in [0.1, 0.15) is 12.0 Å². The number of carbonyl (C=O) groups is 1. The molecule has 0 spiro atoms. The van der Waals surface area contributed by atoms with Gasteiger partial charge in [-0.3, -0.25) is 9.79 Å². The molecule has 0 fully saturated rings. The smallest absolute Gasteiger partial charge is 0.307 e. The lowest BCUT2D eigenvalue weighted by molar-refractivity contribution is -0.136. The molecule has 18 heavy (non-hydrogen) atoms. The molecule has 1 aromatic rings. The van der Waals surface area contributed by atoms with Gasteiger partial charge in [-0.1, -0.05) is 12.1 Å². The Hall–Kier alpha value is -2.04. The molecule has 5 nitrogen and oxygen atoms in total. The van der Waals surface area contributed by atoms with Crippen LogP contribution in [-0.2, 0) is 11.2 Å². The van der Waals surface area contributed by atoms with Crippen molar-refractivity contribution in [1.29, 1.82) is 0 Å². The minimum absolute atomic E-state index is 0.0395. The third-order valence-electron chi connectivity index (χ3n) is 2.81. The van der Waals surface area contributed by atoms with Gasteiger partial charge < -0.3 is 15.3 Å². The number of guanidine groups is 1. The summed E-state index contributed by atoms with van der Waals surface area (Å²) in [5.74, 6) is 0.0213. The molecule has 96 valence electrons. The first-order valence-electron chi connectivity index (χ1n) is 5.98. The van der Waals surface area contributed by atoms with E-state index in [1.807, 2.05) is 31.3 Å². The minimum Gasteiger partial charge on any atom is -0.481 e. The van der Waals surface area contributed by atoms with Gasteiger partial charge in [0.1, 0.15) is 0 Å². The summed E-state index contributed by atoms with van der Waals surface area (Å²) in [7, 11) is 1.99. The van der Waals surface area contributed by atoms with E-state index in [2.05, 4.69) is 15.2 Å². The summed E-state index contributed by atoms with van der Waals surface area (Å²) < 4.78 is 0. The second-order valence-corrected chi connectivity index (χ2v) is 4.38. The number of carboxylic acid groups (broad SMARTS) is 1. The summed E-state index contributed by atoms with van der Waals surface area (Å²) in [6, 6.07) is 7.42. The van der Waals surface area contributed by atoms with E-state index >= 15 is 0 Å². The first kappa shape index (κ1) is 12.4. The maximum Gasteiger partial charge on any atom is 0.307 e. The quantitative estimate of drug-likeness (QED) is 0.847. The number of aliphatic carboxylic acids is 1. The lowest BCUT2D eigenvalue weighted by Gasteiger charge is -2.25. The van der Waals surface area contributed by atoms with E-state index in [4.69, 9.17) is 5.11 Å². The predicted octanol–water partition coefficient (Wildman–Crippen LogP) is 1.42. The van der Waals surface area contributed by atoms with Crippen molar-refractivity contribution < 1.29 is 9.90 Å². The van der Waals surface area contributed by atoms with Gasteiger partial charge in [0.25, 0.3) is 0 Å². The zero-order chi connectivity index (χ0) is 13.0. The highest BCUT2D eigenvalue weighted by Crippen LogP contribution is 2.13. The van der Waals surface area contributed by atoms with Crippen LogP contribution in [-0.4, -0.2) is 42.1 Å². The molecule has 0 radical (unpaired) electrons. The first-order valence-corrected chi connectivity index (χ1v) is 5.98. The average Bonchev–Trinajstić information content (AvgIpc) is 2.32. The summed E-state index contributed by atoms with van der Waals surface area (Å²) in [5, 5.41) is 12.0. The Morgan fingerprint density at radius 2 is 2.39 bits per heavy atom. The van der Waals surface area contributed by atoms with Crippen molar-refractivity contribution >= 4 is 17.6 Å². The predicted molar refractivity (Wildman–Crippen MR) is 71.0 cm³/mol. The zero-order valence-electron chi connectivity index (χ0n) is 10.4. The van der Waals surface area contributed by atoms with Crippen LogP contribution >= 0.6 is 0 Å². The molecule has 0 bridgehead atoms. The Kier molecular flexibility index (Phi) is 3.82. The maximum atomic E-state index is 10.7. The van der Waals surface area contributed by atoms with Gasteiger partial charge >= 0.3 is 5.97 Å². The van der Waals surface area contributed by atoms with Gasteiger partial charge in [0.15, 0.2) is 5.96 Å². The Morgan fingerprint density at radius 3 is 3.11 bits per heavy atom. The van der Waals surface area contributed by atoms with Gasteiger partial charge in [-0.25, -0.2) is 0 Å². The van der Waals surface area contributed by atoms with Gasteiger partial charge in [-0.15, -0.1) is 0 Å². The highest BCUT2D eigenvalue weighted by atomic mass is 16.4. The molecule has 5 heteroatoms. The van der Waals surface area contributed by atoms with Crippen LogP contribution in [0.5, 0.6) is 0 Å². The molecular formula is C13H17N3O2. The normalized spacial score (nSPS) is 15.2. The van der Waals surface area contributed by atoms with Crippen molar-refractivity contribution in [2.45, 2.75) is 12.8 Å². The van der Waals surface area contributed by atoms with Crippen LogP contribution in [0.15, 0.2) is 29.3 Å². The third-order valence-corrected chi connectivity index (χ3v) is 2.81. The number of nitrogens with zero attached hydrogens (tertiary/aromatic N) is 2. The van der Waals surface area contributed by atoms with E-state index in [9.17, 15) is 4.79 Å². The molecule has 2 N–H and O–H groups in total. The lowest BCUT2D eigenvalue weighted by atomic mass is 10.1. The topological polar surface area (TPSA) is 64.9 Å². The second kappa shape index (κ2) is 5.53. The number of carboxylic acids is 1. The Labute approximate surface area is 106 Å². The van der Waals surface area contributed by atoms with Crippen LogP contribution in [0.3, 0.4) is 0 Å². The van der Waals surface area contributed by atoms with E-state index in [-0.39, 0.29) is 6.42 Å². The SMILES string of the molecule is CN1CCCN=C1Nc1cccc(CC(=O)O)c1. The summed E-state index contributed by atoms with van der Waals surface area (Å²) in [6.45, 7) is 1.82. The van der Waals surface area contributed by atoms with Crippen molar-refractivity contribution in [2.75, 3.05) is 25.5 Å². The summed E-state index contributed by atoms with van der Waals surface area (Å²) in [6.07, 6.45) is 1.11. The molecule has 0 atom stereocenters. The van der Waals surface area contributed by atoms with Crippen molar-refractivity contribution in [3.05, 3.63) is 29.8 Å². The monoisotopic (exact) mass is 247 g/mol. The van der Waals surface area contributed by atoms with Gasteiger partial charge in [-0.2, -0.15) is 0 Å². The van der Waals surface area contributed by atoms with E-state index in [0.717, 1.165) is 36.7 Å². The fraction of sp³-hybridized carbons (Fsp3) is 0.385. The lowest BCUT2D eigenvalue weighted by Crippen LogP contribution is -2.37. The standard InChI is InChI=1S/C13H17N3O2/c1-16-7-3-6-14-13(16)15-11-5-2-4-10(8-11)9-12(17)18/h2,4-5,8H,3,6-7,9H2,1H3,(H,14,15)(H,17,18). The van der Waals surface area contributed by atoms with Crippen LogP contribution in [0, 0.1) is 0 Å². The molecule has 0 amide bonds. The van der Waals surface area contributed by atoms with Crippen LogP contribution in [0.2, 0.25) is 0 Å². The molecular weight excluding hydrogens is 230 g/mol.